The number of nitrogens with one attached hydrogen (secondary N) is 1. The summed E-state index contributed by atoms with van der Waals surface area (Å²) >= 11 is 0. The van der Waals surface area contributed by atoms with Crippen molar-refractivity contribution >= 4 is 23.2 Å². The molecule has 0 aliphatic rings. The highest BCUT2D eigenvalue weighted by molar-refractivity contribution is 5.88. The molecule has 5 nitrogen and oxygen atoms in total. The minimum Gasteiger partial charge on any atom is -0.478 e. The van der Waals surface area contributed by atoms with E-state index in [4.69, 9.17) is 10.8 Å². The summed E-state index contributed by atoms with van der Waals surface area (Å²) in [5.41, 5.74) is 8.10. The van der Waals surface area contributed by atoms with Gasteiger partial charge in [-0.15, -0.1) is 0 Å². The van der Waals surface area contributed by atoms with Gasteiger partial charge in [0.1, 0.15) is 5.82 Å². The van der Waals surface area contributed by atoms with Gasteiger partial charge in [0.2, 0.25) is 0 Å². The van der Waals surface area contributed by atoms with Crippen LogP contribution in [0, 0.1) is 6.92 Å². The van der Waals surface area contributed by atoms with Crippen molar-refractivity contribution in [2.24, 2.45) is 0 Å². The third-order valence-electron chi connectivity index (χ3n) is 2.53. The maximum atomic E-state index is 10.7. The molecule has 0 bridgehead atoms. The molecule has 0 fully saturated rings. The van der Waals surface area contributed by atoms with E-state index >= 15 is 0 Å². The fourth-order valence-electron chi connectivity index (χ4n) is 1.49. The van der Waals surface area contributed by atoms with Gasteiger partial charge in [-0.2, -0.15) is 0 Å². The highest BCUT2D eigenvalue weighted by atomic mass is 16.4. The number of carboxylic acid groups (broad SMARTS) is 1. The number of carbonyl (C=O) groups is 1. The molecule has 0 saturated heterocycles. The average molecular weight is 243 g/mol. The Morgan fingerprint density at radius 3 is 2.44 bits per heavy atom. The number of hydrogen-bond donors (Lipinski definition) is 3. The van der Waals surface area contributed by atoms with Gasteiger partial charge in [-0.1, -0.05) is 0 Å². The van der Waals surface area contributed by atoms with E-state index in [9.17, 15) is 4.79 Å². The van der Waals surface area contributed by atoms with E-state index in [-0.39, 0.29) is 5.56 Å². The molecule has 0 aliphatic carbocycles. The molecule has 2 rings (SSSR count). The zero-order chi connectivity index (χ0) is 13.1. The highest BCUT2D eigenvalue weighted by Gasteiger charge is 2.03. The van der Waals surface area contributed by atoms with Crippen LogP contribution in [0.3, 0.4) is 0 Å². The van der Waals surface area contributed by atoms with Gasteiger partial charge in [-0.25, -0.2) is 9.78 Å². The normalized spacial score (nSPS) is 10.1. The Morgan fingerprint density at radius 1 is 1.22 bits per heavy atom. The quantitative estimate of drug-likeness (QED) is 0.770. The summed E-state index contributed by atoms with van der Waals surface area (Å²) in [6.07, 6.45) is 0. The fraction of sp³-hybridized carbons (Fsp3) is 0.0769. The predicted molar refractivity (Wildman–Crippen MR) is 70.1 cm³/mol. The summed E-state index contributed by atoms with van der Waals surface area (Å²) in [5.74, 6) is -0.271. The number of aromatic nitrogens is 1. The van der Waals surface area contributed by atoms with Crippen LogP contribution in [0.15, 0.2) is 36.4 Å². The summed E-state index contributed by atoms with van der Waals surface area (Å²) in [5, 5.41) is 11.9. The van der Waals surface area contributed by atoms with Crippen LogP contribution in [0.25, 0.3) is 0 Å². The van der Waals surface area contributed by atoms with E-state index in [2.05, 4.69) is 10.3 Å². The number of aromatic carboxylic acids is 1. The molecule has 5 heteroatoms. The monoisotopic (exact) mass is 243 g/mol. The smallest absolute Gasteiger partial charge is 0.335 e. The first-order valence-electron chi connectivity index (χ1n) is 5.40. The summed E-state index contributed by atoms with van der Waals surface area (Å²) in [7, 11) is 0. The maximum Gasteiger partial charge on any atom is 0.335 e. The van der Waals surface area contributed by atoms with Crippen LogP contribution >= 0.6 is 0 Å². The lowest BCUT2D eigenvalue weighted by Crippen LogP contribution is -1.99. The maximum absolute atomic E-state index is 10.7. The summed E-state index contributed by atoms with van der Waals surface area (Å²) in [6.45, 7) is 1.83. The lowest BCUT2D eigenvalue weighted by atomic mass is 10.2. The zero-order valence-corrected chi connectivity index (χ0v) is 9.84. The number of rotatable bonds is 3. The number of anilines is 3. The highest BCUT2D eigenvalue weighted by Crippen LogP contribution is 2.18. The molecule has 1 aromatic heterocycles. The first-order valence-corrected chi connectivity index (χ1v) is 5.40. The molecule has 4 N–H and O–H groups in total. The third kappa shape index (κ3) is 2.57. The third-order valence-corrected chi connectivity index (χ3v) is 2.53. The van der Waals surface area contributed by atoms with Gasteiger partial charge in [0.05, 0.1) is 16.9 Å². The number of benzene rings is 1. The van der Waals surface area contributed by atoms with Crippen molar-refractivity contribution in [3.8, 4) is 0 Å². The van der Waals surface area contributed by atoms with Crippen LogP contribution in [-0.4, -0.2) is 16.1 Å². The predicted octanol–water partition coefficient (Wildman–Crippen LogP) is 2.41. The number of pyridine rings is 1. The van der Waals surface area contributed by atoms with Crippen LogP contribution in [0.1, 0.15) is 16.1 Å². The van der Waals surface area contributed by atoms with Crippen molar-refractivity contribution in [3.05, 3.63) is 47.7 Å². The number of carboxylic acids is 1. The second-order valence-electron chi connectivity index (χ2n) is 3.88. The van der Waals surface area contributed by atoms with E-state index in [1.54, 1.807) is 24.3 Å². The molecule has 0 radical (unpaired) electrons. The SMILES string of the molecule is Cc1nc(Nc2ccc(C(=O)O)cc2)ccc1N. The largest absolute Gasteiger partial charge is 0.478 e. The molecular weight excluding hydrogens is 230 g/mol. The molecule has 0 aliphatic heterocycles. The molecule has 0 amide bonds. The molecule has 18 heavy (non-hydrogen) atoms. The van der Waals surface area contributed by atoms with Crippen LogP contribution in [0.5, 0.6) is 0 Å². The standard InChI is InChI=1S/C13H13N3O2/c1-8-11(14)6-7-12(15-8)16-10-4-2-9(3-5-10)13(17)18/h2-7H,14H2,1H3,(H,15,16)(H,17,18). The topological polar surface area (TPSA) is 88.2 Å². The second-order valence-corrected chi connectivity index (χ2v) is 3.88. The Morgan fingerprint density at radius 2 is 1.89 bits per heavy atom. The number of nitrogens with two attached hydrogens (primary N) is 1. The van der Waals surface area contributed by atoms with E-state index in [1.807, 2.05) is 6.92 Å². The van der Waals surface area contributed by atoms with Crippen molar-refractivity contribution < 1.29 is 9.90 Å². The van der Waals surface area contributed by atoms with Gasteiger partial charge in [0.15, 0.2) is 0 Å². The summed E-state index contributed by atoms with van der Waals surface area (Å²) in [6, 6.07) is 10.0. The van der Waals surface area contributed by atoms with Crippen molar-refractivity contribution in [1.29, 1.82) is 0 Å². The number of hydrogen-bond acceptors (Lipinski definition) is 4. The Kier molecular flexibility index (Phi) is 3.14. The fourth-order valence-corrected chi connectivity index (χ4v) is 1.49. The Hall–Kier alpha value is -2.56. The Balaban J connectivity index is 2.18. The van der Waals surface area contributed by atoms with E-state index in [0.717, 1.165) is 11.4 Å². The molecule has 92 valence electrons. The van der Waals surface area contributed by atoms with E-state index in [0.29, 0.717) is 11.5 Å². The van der Waals surface area contributed by atoms with Crippen molar-refractivity contribution in [1.82, 2.24) is 4.98 Å². The number of aryl methyl sites for hydroxylation is 1. The van der Waals surface area contributed by atoms with Crippen molar-refractivity contribution in [2.45, 2.75) is 6.92 Å². The van der Waals surface area contributed by atoms with Crippen molar-refractivity contribution in [2.75, 3.05) is 11.1 Å². The van der Waals surface area contributed by atoms with Crippen LogP contribution in [-0.2, 0) is 0 Å². The van der Waals surface area contributed by atoms with E-state index < -0.39 is 5.97 Å². The zero-order valence-electron chi connectivity index (χ0n) is 9.84. The van der Waals surface area contributed by atoms with Gasteiger partial charge in [-0.3, -0.25) is 0 Å². The molecule has 0 atom stereocenters. The van der Waals surface area contributed by atoms with Crippen molar-refractivity contribution in [3.63, 3.8) is 0 Å². The van der Waals surface area contributed by atoms with Gasteiger partial charge in [-0.05, 0) is 43.3 Å². The molecule has 1 heterocycles. The molecule has 0 saturated carbocycles. The minimum absolute atomic E-state index is 0.252. The molecule has 2 aromatic rings. The Bertz CT molecular complexity index is 579. The Labute approximate surface area is 104 Å². The lowest BCUT2D eigenvalue weighted by Gasteiger charge is -2.07. The first kappa shape index (κ1) is 11.9. The van der Waals surface area contributed by atoms with Crippen LogP contribution in [0.4, 0.5) is 17.2 Å². The first-order chi connectivity index (χ1) is 8.56. The van der Waals surface area contributed by atoms with Crippen LogP contribution in [0.2, 0.25) is 0 Å². The lowest BCUT2D eigenvalue weighted by molar-refractivity contribution is 0.0697. The van der Waals surface area contributed by atoms with Gasteiger partial charge >= 0.3 is 5.97 Å². The minimum atomic E-state index is -0.942. The molecule has 1 aromatic carbocycles. The van der Waals surface area contributed by atoms with Gasteiger partial charge in [0, 0.05) is 5.69 Å². The van der Waals surface area contributed by atoms with E-state index in [1.165, 1.54) is 12.1 Å². The summed E-state index contributed by atoms with van der Waals surface area (Å²) in [4.78, 5) is 15.0. The molecule has 0 unspecified atom stereocenters. The number of nitrogens with zero attached hydrogens (tertiary/aromatic N) is 1. The average Bonchev–Trinajstić information content (AvgIpc) is 2.34. The number of nitrogen functional groups attached to an aromatic ring is 1. The molecular formula is C13H13N3O2. The van der Waals surface area contributed by atoms with Gasteiger partial charge in [0.25, 0.3) is 0 Å². The second kappa shape index (κ2) is 4.75. The summed E-state index contributed by atoms with van der Waals surface area (Å²) < 4.78 is 0. The van der Waals surface area contributed by atoms with Gasteiger partial charge < -0.3 is 16.2 Å². The van der Waals surface area contributed by atoms with Crippen LogP contribution < -0.4 is 11.1 Å². The molecule has 0 spiro atoms.